The van der Waals surface area contributed by atoms with Gasteiger partial charge in [-0.1, -0.05) is 19.1 Å². The maximum atomic E-state index is 12.6. The minimum absolute atomic E-state index is 0.0268. The molecule has 0 saturated carbocycles. The molecule has 0 aliphatic rings. The van der Waals surface area contributed by atoms with Gasteiger partial charge in [0, 0.05) is 30.9 Å². The van der Waals surface area contributed by atoms with Gasteiger partial charge in [-0.3, -0.25) is 9.59 Å². The predicted octanol–water partition coefficient (Wildman–Crippen LogP) is 3.92. The van der Waals surface area contributed by atoms with E-state index < -0.39 is 0 Å². The van der Waals surface area contributed by atoms with Crippen molar-refractivity contribution in [3.63, 3.8) is 0 Å². The Balaban J connectivity index is 2.14. The highest BCUT2D eigenvalue weighted by Gasteiger charge is 2.14. The van der Waals surface area contributed by atoms with Crippen LogP contribution in [0.5, 0.6) is 0 Å². The second-order valence-electron chi connectivity index (χ2n) is 6.60. The predicted molar refractivity (Wildman–Crippen MR) is 107 cm³/mol. The van der Waals surface area contributed by atoms with Crippen LogP contribution in [0, 0.1) is 0 Å². The van der Waals surface area contributed by atoms with E-state index in [0.29, 0.717) is 16.8 Å². The van der Waals surface area contributed by atoms with E-state index in [2.05, 4.69) is 22.5 Å². The van der Waals surface area contributed by atoms with E-state index in [0.717, 1.165) is 18.7 Å². The molecule has 0 aromatic heterocycles. The average Bonchev–Trinajstić information content (AvgIpc) is 2.62. The Morgan fingerprint density at radius 1 is 1.00 bits per heavy atom. The molecule has 0 heterocycles. The molecular weight excluding hydrogens is 326 g/mol. The van der Waals surface area contributed by atoms with Gasteiger partial charge in [-0.2, -0.15) is 0 Å². The van der Waals surface area contributed by atoms with Crippen molar-refractivity contribution in [3.8, 4) is 0 Å². The Kier molecular flexibility index (Phi) is 6.78. The first-order chi connectivity index (χ1) is 12.4. The van der Waals surface area contributed by atoms with Crippen LogP contribution in [0.3, 0.4) is 0 Å². The van der Waals surface area contributed by atoms with Gasteiger partial charge < -0.3 is 15.5 Å². The Morgan fingerprint density at radius 3 is 2.27 bits per heavy atom. The van der Waals surface area contributed by atoms with Crippen molar-refractivity contribution >= 4 is 23.2 Å². The summed E-state index contributed by atoms with van der Waals surface area (Å²) in [5, 5.41) is 5.69. The first-order valence-electron chi connectivity index (χ1n) is 8.94. The molecule has 0 unspecified atom stereocenters. The average molecular weight is 353 g/mol. The van der Waals surface area contributed by atoms with Crippen molar-refractivity contribution in [1.82, 2.24) is 5.32 Å². The molecule has 0 radical (unpaired) electrons. The van der Waals surface area contributed by atoms with Gasteiger partial charge in [-0.25, -0.2) is 0 Å². The molecule has 138 valence electrons. The fourth-order valence-corrected chi connectivity index (χ4v) is 2.66. The number of nitrogens with one attached hydrogen (secondary N) is 2. The first-order valence-corrected chi connectivity index (χ1v) is 8.94. The first kappa shape index (κ1) is 19.5. The largest absolute Gasteiger partial charge is 0.375 e. The summed E-state index contributed by atoms with van der Waals surface area (Å²) in [6.45, 7) is 6.89. The van der Waals surface area contributed by atoms with Crippen molar-refractivity contribution in [2.45, 2.75) is 33.2 Å². The molecule has 0 atom stereocenters. The summed E-state index contributed by atoms with van der Waals surface area (Å²) in [5.74, 6) is -0.438. The van der Waals surface area contributed by atoms with Crippen LogP contribution in [-0.2, 0) is 0 Å². The SMILES string of the molecule is CCCN(C)c1ccc(C(=O)Nc2ccccc2C(=O)NC(C)C)cc1. The Labute approximate surface area is 155 Å². The van der Waals surface area contributed by atoms with Gasteiger partial charge in [-0.05, 0) is 56.7 Å². The molecule has 0 spiro atoms. The summed E-state index contributed by atoms with van der Waals surface area (Å²) in [5.41, 5.74) is 2.58. The molecule has 0 aliphatic carbocycles. The summed E-state index contributed by atoms with van der Waals surface area (Å²) in [7, 11) is 2.03. The van der Waals surface area contributed by atoms with Gasteiger partial charge in [0.15, 0.2) is 0 Å². The summed E-state index contributed by atoms with van der Waals surface area (Å²) in [6.07, 6.45) is 1.06. The minimum atomic E-state index is -0.237. The highest BCUT2D eigenvalue weighted by Crippen LogP contribution is 2.18. The number of benzene rings is 2. The fraction of sp³-hybridized carbons (Fsp3) is 0.333. The zero-order valence-electron chi connectivity index (χ0n) is 15.9. The van der Waals surface area contributed by atoms with Gasteiger partial charge in [0.2, 0.25) is 0 Å². The highest BCUT2D eigenvalue weighted by molar-refractivity contribution is 6.09. The van der Waals surface area contributed by atoms with Gasteiger partial charge in [0.1, 0.15) is 0 Å². The zero-order chi connectivity index (χ0) is 19.1. The van der Waals surface area contributed by atoms with Crippen LogP contribution in [0.1, 0.15) is 47.9 Å². The van der Waals surface area contributed by atoms with E-state index in [1.54, 1.807) is 36.4 Å². The van der Waals surface area contributed by atoms with Crippen molar-refractivity contribution in [2.24, 2.45) is 0 Å². The Morgan fingerprint density at radius 2 is 1.65 bits per heavy atom. The number of nitrogens with zero attached hydrogens (tertiary/aromatic N) is 1. The maximum Gasteiger partial charge on any atom is 0.255 e. The molecule has 5 nitrogen and oxygen atoms in total. The molecule has 2 amide bonds. The third-order valence-corrected chi connectivity index (χ3v) is 3.97. The topological polar surface area (TPSA) is 61.4 Å². The number of anilines is 2. The zero-order valence-corrected chi connectivity index (χ0v) is 15.9. The summed E-state index contributed by atoms with van der Waals surface area (Å²) in [6, 6.07) is 14.5. The molecule has 0 aliphatic heterocycles. The van der Waals surface area contributed by atoms with Crippen molar-refractivity contribution < 1.29 is 9.59 Å². The van der Waals surface area contributed by atoms with E-state index in [4.69, 9.17) is 0 Å². The van der Waals surface area contributed by atoms with Gasteiger partial charge in [0.05, 0.1) is 11.3 Å². The molecule has 2 N–H and O–H groups in total. The number of para-hydroxylation sites is 1. The van der Waals surface area contributed by atoms with Crippen molar-refractivity contribution in [1.29, 1.82) is 0 Å². The lowest BCUT2D eigenvalue weighted by Crippen LogP contribution is -2.31. The Bertz CT molecular complexity index is 754. The fourth-order valence-electron chi connectivity index (χ4n) is 2.66. The lowest BCUT2D eigenvalue weighted by molar-refractivity contribution is 0.0944. The van der Waals surface area contributed by atoms with Gasteiger partial charge in [0.25, 0.3) is 11.8 Å². The summed E-state index contributed by atoms with van der Waals surface area (Å²) < 4.78 is 0. The van der Waals surface area contributed by atoms with Crippen LogP contribution in [0.4, 0.5) is 11.4 Å². The number of carbonyl (C=O) groups is 2. The van der Waals surface area contributed by atoms with E-state index in [1.165, 1.54) is 0 Å². The maximum absolute atomic E-state index is 12.6. The molecule has 0 saturated heterocycles. The van der Waals surface area contributed by atoms with Crippen LogP contribution in [0.25, 0.3) is 0 Å². The monoisotopic (exact) mass is 353 g/mol. The van der Waals surface area contributed by atoms with Gasteiger partial charge in [-0.15, -0.1) is 0 Å². The van der Waals surface area contributed by atoms with Crippen molar-refractivity contribution in [3.05, 3.63) is 59.7 Å². The van der Waals surface area contributed by atoms with Crippen LogP contribution < -0.4 is 15.5 Å². The van der Waals surface area contributed by atoms with Crippen molar-refractivity contribution in [2.75, 3.05) is 23.8 Å². The summed E-state index contributed by atoms with van der Waals surface area (Å²) in [4.78, 5) is 27.0. The van der Waals surface area contributed by atoms with Crippen LogP contribution in [0.2, 0.25) is 0 Å². The second kappa shape index (κ2) is 9.04. The number of hydrogen-bond donors (Lipinski definition) is 2. The highest BCUT2D eigenvalue weighted by atomic mass is 16.2. The number of rotatable bonds is 7. The molecule has 0 fully saturated rings. The smallest absolute Gasteiger partial charge is 0.255 e. The van der Waals surface area contributed by atoms with E-state index >= 15 is 0 Å². The number of carbonyl (C=O) groups excluding carboxylic acids is 2. The number of amides is 2. The van der Waals surface area contributed by atoms with E-state index in [1.807, 2.05) is 33.0 Å². The third kappa shape index (κ3) is 5.09. The van der Waals surface area contributed by atoms with Gasteiger partial charge >= 0.3 is 0 Å². The second-order valence-corrected chi connectivity index (χ2v) is 6.60. The molecule has 0 bridgehead atoms. The number of hydrogen-bond acceptors (Lipinski definition) is 3. The van der Waals surface area contributed by atoms with Crippen LogP contribution in [0.15, 0.2) is 48.5 Å². The Hall–Kier alpha value is -2.82. The molecule has 2 rings (SSSR count). The van der Waals surface area contributed by atoms with E-state index in [-0.39, 0.29) is 17.9 Å². The minimum Gasteiger partial charge on any atom is -0.375 e. The van der Waals surface area contributed by atoms with Crippen LogP contribution in [-0.4, -0.2) is 31.4 Å². The molecule has 5 heteroatoms. The standard InChI is InChI=1S/C21H27N3O2/c1-5-14-24(4)17-12-10-16(11-13-17)20(25)23-19-9-7-6-8-18(19)21(26)22-15(2)3/h6-13,15H,5,14H2,1-4H3,(H,22,26)(H,23,25). The van der Waals surface area contributed by atoms with Crippen LogP contribution >= 0.6 is 0 Å². The van der Waals surface area contributed by atoms with E-state index in [9.17, 15) is 9.59 Å². The lowest BCUT2D eigenvalue weighted by Gasteiger charge is -2.18. The quantitative estimate of drug-likeness (QED) is 0.793. The summed E-state index contributed by atoms with van der Waals surface area (Å²) >= 11 is 0. The molecule has 2 aromatic rings. The molecule has 2 aromatic carbocycles. The molecule has 26 heavy (non-hydrogen) atoms. The normalized spacial score (nSPS) is 10.5. The molecular formula is C21H27N3O2. The lowest BCUT2D eigenvalue weighted by atomic mass is 10.1. The third-order valence-electron chi connectivity index (χ3n) is 3.97.